The molecule has 0 saturated carbocycles. The van der Waals surface area contributed by atoms with E-state index in [0.29, 0.717) is 0 Å². The molecule has 1 aromatic heterocycles. The van der Waals surface area contributed by atoms with Gasteiger partial charge in [-0.1, -0.05) is 18.2 Å². The lowest BCUT2D eigenvalue weighted by atomic mass is 10.1. The van der Waals surface area contributed by atoms with E-state index in [1.807, 2.05) is 50.2 Å². The van der Waals surface area contributed by atoms with Crippen LogP contribution in [0.3, 0.4) is 0 Å². The predicted molar refractivity (Wildman–Crippen MR) is 94.6 cm³/mol. The number of nitrogens with zero attached hydrogens (tertiary/aromatic N) is 2. The lowest BCUT2D eigenvalue weighted by Gasteiger charge is -2.14. The molecule has 126 valence electrons. The third-order valence-electron chi connectivity index (χ3n) is 4.08. The van der Waals surface area contributed by atoms with Crippen LogP contribution < -0.4 is 10.4 Å². The van der Waals surface area contributed by atoms with Crippen LogP contribution in [-0.4, -0.2) is 27.0 Å². The Bertz CT molecular complexity index is 904. The normalized spacial score (nSPS) is 12.5. The second-order valence-electron chi connectivity index (χ2n) is 6.23. The molecule has 0 aliphatic heterocycles. The van der Waals surface area contributed by atoms with Crippen molar-refractivity contribution < 1.29 is 9.84 Å². The third-order valence-corrected chi connectivity index (χ3v) is 4.08. The number of ether oxygens (including phenoxy) is 1. The molecule has 3 rings (SSSR count). The monoisotopic (exact) mass is 326 g/mol. The highest BCUT2D eigenvalue weighted by atomic mass is 16.5. The van der Waals surface area contributed by atoms with Crippen molar-refractivity contribution in [3.8, 4) is 5.75 Å². The fourth-order valence-corrected chi connectivity index (χ4v) is 3.01. The standard InChI is InChI=1S/C19H22N2O3/c1-13-8-14(2)10-16(9-13)24-12-15(22)11-21-18-7-5-4-6-17(18)20(3)19(21)23/h4-10,15,22H,11-12H2,1-3H3/t15-/m0/s1. The lowest BCUT2D eigenvalue weighted by Crippen LogP contribution is -2.30. The number of aliphatic hydroxyl groups is 1. The molecule has 0 fully saturated rings. The molecule has 5 nitrogen and oxygen atoms in total. The zero-order valence-corrected chi connectivity index (χ0v) is 14.2. The summed E-state index contributed by atoms with van der Waals surface area (Å²) >= 11 is 0. The first kappa shape index (κ1) is 16.3. The van der Waals surface area contributed by atoms with Gasteiger partial charge in [0.2, 0.25) is 0 Å². The molecule has 2 aromatic carbocycles. The highest BCUT2D eigenvalue weighted by Crippen LogP contribution is 2.17. The van der Waals surface area contributed by atoms with Gasteiger partial charge in [-0.2, -0.15) is 0 Å². The van der Waals surface area contributed by atoms with Gasteiger partial charge >= 0.3 is 5.69 Å². The highest BCUT2D eigenvalue weighted by Gasteiger charge is 2.14. The van der Waals surface area contributed by atoms with E-state index in [0.717, 1.165) is 27.9 Å². The average molecular weight is 326 g/mol. The molecule has 0 aliphatic rings. The van der Waals surface area contributed by atoms with Crippen LogP contribution >= 0.6 is 0 Å². The second-order valence-corrected chi connectivity index (χ2v) is 6.23. The van der Waals surface area contributed by atoms with Gasteiger partial charge in [-0.3, -0.25) is 9.13 Å². The smallest absolute Gasteiger partial charge is 0.328 e. The zero-order chi connectivity index (χ0) is 17.3. The molecule has 1 atom stereocenters. The van der Waals surface area contributed by atoms with Crippen LogP contribution in [0.25, 0.3) is 11.0 Å². The minimum absolute atomic E-state index is 0.137. The Morgan fingerprint density at radius 2 is 1.71 bits per heavy atom. The van der Waals surface area contributed by atoms with E-state index in [1.165, 1.54) is 0 Å². The Morgan fingerprint density at radius 1 is 1.08 bits per heavy atom. The Balaban J connectivity index is 1.75. The first-order valence-electron chi connectivity index (χ1n) is 7.99. The van der Waals surface area contributed by atoms with Gasteiger partial charge in [0, 0.05) is 7.05 Å². The van der Waals surface area contributed by atoms with Gasteiger partial charge in [0.25, 0.3) is 0 Å². The Labute approximate surface area is 140 Å². The van der Waals surface area contributed by atoms with Crippen molar-refractivity contribution in [3.05, 3.63) is 64.1 Å². The summed E-state index contributed by atoms with van der Waals surface area (Å²) in [4.78, 5) is 12.4. The topological polar surface area (TPSA) is 56.4 Å². The number of benzene rings is 2. The summed E-state index contributed by atoms with van der Waals surface area (Å²) < 4.78 is 8.87. The van der Waals surface area contributed by atoms with Crippen molar-refractivity contribution in [3.63, 3.8) is 0 Å². The van der Waals surface area contributed by atoms with Crippen LogP contribution in [-0.2, 0) is 13.6 Å². The first-order chi connectivity index (χ1) is 11.5. The van der Waals surface area contributed by atoms with Crippen LogP contribution in [0.4, 0.5) is 0 Å². The van der Waals surface area contributed by atoms with Crippen LogP contribution in [0.1, 0.15) is 11.1 Å². The van der Waals surface area contributed by atoms with Gasteiger partial charge in [0.1, 0.15) is 18.5 Å². The third kappa shape index (κ3) is 3.21. The number of hydrogen-bond donors (Lipinski definition) is 1. The lowest BCUT2D eigenvalue weighted by molar-refractivity contribution is 0.0924. The summed E-state index contributed by atoms with van der Waals surface area (Å²) in [5, 5.41) is 10.3. The summed E-state index contributed by atoms with van der Waals surface area (Å²) in [6.45, 7) is 4.35. The molecule has 0 unspecified atom stereocenters. The summed E-state index contributed by atoms with van der Waals surface area (Å²) in [6, 6.07) is 13.5. The molecule has 0 bridgehead atoms. The molecule has 1 N–H and O–H groups in total. The number of rotatable bonds is 5. The molecule has 0 radical (unpaired) electrons. The van der Waals surface area contributed by atoms with Crippen molar-refractivity contribution >= 4 is 11.0 Å². The number of hydrogen-bond acceptors (Lipinski definition) is 3. The number of aryl methyl sites for hydroxylation is 3. The molecule has 3 aromatic rings. The maximum atomic E-state index is 12.4. The van der Waals surface area contributed by atoms with Gasteiger partial charge in [0.15, 0.2) is 0 Å². The van der Waals surface area contributed by atoms with Crippen molar-refractivity contribution in [1.82, 2.24) is 9.13 Å². The minimum Gasteiger partial charge on any atom is -0.491 e. The maximum Gasteiger partial charge on any atom is 0.328 e. The number of aliphatic hydroxyl groups excluding tert-OH is 1. The van der Waals surface area contributed by atoms with E-state index >= 15 is 0 Å². The first-order valence-corrected chi connectivity index (χ1v) is 7.99. The predicted octanol–water partition coefficient (Wildman–Crippen LogP) is 2.40. The molecule has 0 spiro atoms. The molecule has 5 heteroatoms. The van der Waals surface area contributed by atoms with E-state index < -0.39 is 6.10 Å². The summed E-state index contributed by atoms with van der Waals surface area (Å²) in [5.41, 5.74) is 3.76. The minimum atomic E-state index is -0.769. The van der Waals surface area contributed by atoms with Crippen molar-refractivity contribution in [2.75, 3.05) is 6.61 Å². The van der Waals surface area contributed by atoms with Gasteiger partial charge in [0.05, 0.1) is 17.6 Å². The van der Waals surface area contributed by atoms with Crippen LogP contribution in [0.5, 0.6) is 5.75 Å². The Morgan fingerprint density at radius 3 is 2.38 bits per heavy atom. The molecular formula is C19H22N2O3. The maximum absolute atomic E-state index is 12.4. The average Bonchev–Trinajstić information content (AvgIpc) is 2.78. The van der Waals surface area contributed by atoms with E-state index in [1.54, 1.807) is 16.2 Å². The van der Waals surface area contributed by atoms with Crippen LogP contribution in [0, 0.1) is 13.8 Å². The fourth-order valence-electron chi connectivity index (χ4n) is 3.01. The fraction of sp³-hybridized carbons (Fsp3) is 0.316. The van der Waals surface area contributed by atoms with Gasteiger partial charge < -0.3 is 9.84 Å². The molecule has 1 heterocycles. The van der Waals surface area contributed by atoms with Crippen molar-refractivity contribution in [2.45, 2.75) is 26.5 Å². The quantitative estimate of drug-likeness (QED) is 0.783. The molecule has 0 amide bonds. The van der Waals surface area contributed by atoms with Crippen LogP contribution in [0.2, 0.25) is 0 Å². The number of fused-ring (bicyclic) bond motifs is 1. The largest absolute Gasteiger partial charge is 0.491 e. The highest BCUT2D eigenvalue weighted by molar-refractivity contribution is 5.75. The number of imidazole rings is 1. The van der Waals surface area contributed by atoms with Crippen molar-refractivity contribution in [1.29, 1.82) is 0 Å². The van der Waals surface area contributed by atoms with E-state index in [-0.39, 0.29) is 18.8 Å². The van der Waals surface area contributed by atoms with Crippen molar-refractivity contribution in [2.24, 2.45) is 7.05 Å². The van der Waals surface area contributed by atoms with Gasteiger partial charge in [-0.05, 0) is 49.2 Å². The van der Waals surface area contributed by atoms with E-state index in [4.69, 9.17) is 4.74 Å². The van der Waals surface area contributed by atoms with E-state index in [2.05, 4.69) is 6.07 Å². The molecule has 0 saturated heterocycles. The van der Waals surface area contributed by atoms with Gasteiger partial charge in [-0.15, -0.1) is 0 Å². The van der Waals surface area contributed by atoms with Gasteiger partial charge in [-0.25, -0.2) is 4.79 Å². The summed E-state index contributed by atoms with van der Waals surface area (Å²) in [5.74, 6) is 0.733. The van der Waals surface area contributed by atoms with E-state index in [9.17, 15) is 9.90 Å². The molecule has 0 aliphatic carbocycles. The summed E-state index contributed by atoms with van der Waals surface area (Å²) in [6.07, 6.45) is -0.769. The Hall–Kier alpha value is -2.53. The molecular weight excluding hydrogens is 304 g/mol. The van der Waals surface area contributed by atoms with Crippen LogP contribution in [0.15, 0.2) is 47.3 Å². The Kier molecular flexibility index (Phi) is 4.44. The number of aromatic nitrogens is 2. The second kappa shape index (κ2) is 6.53. The summed E-state index contributed by atoms with van der Waals surface area (Å²) in [7, 11) is 1.74. The molecule has 24 heavy (non-hydrogen) atoms. The zero-order valence-electron chi connectivity index (χ0n) is 14.2. The SMILES string of the molecule is Cc1cc(C)cc(OC[C@@H](O)Cn2c(=O)n(C)c3ccccc32)c1. The number of para-hydroxylation sites is 2.